The Balaban J connectivity index is 1.52. The highest BCUT2D eigenvalue weighted by Crippen LogP contribution is 2.29. The van der Waals surface area contributed by atoms with E-state index in [0.29, 0.717) is 11.8 Å². The third kappa shape index (κ3) is 3.19. The molecule has 3 rings (SSSR count). The van der Waals surface area contributed by atoms with Crippen LogP contribution >= 0.6 is 0 Å². The first-order chi connectivity index (χ1) is 9.86. The summed E-state index contributed by atoms with van der Waals surface area (Å²) in [5.74, 6) is 2.39. The van der Waals surface area contributed by atoms with E-state index in [1.165, 1.54) is 0 Å². The lowest BCUT2D eigenvalue weighted by atomic mass is 9.97. The molecule has 2 fully saturated rings. The van der Waals surface area contributed by atoms with Crippen LogP contribution in [0.3, 0.4) is 0 Å². The molecule has 0 bridgehead atoms. The predicted molar refractivity (Wildman–Crippen MR) is 72.8 cm³/mol. The summed E-state index contributed by atoms with van der Waals surface area (Å²) >= 11 is 0. The molecule has 20 heavy (non-hydrogen) atoms. The van der Waals surface area contributed by atoms with Crippen molar-refractivity contribution in [1.29, 1.82) is 0 Å². The first kappa shape index (κ1) is 14.0. The van der Waals surface area contributed by atoms with E-state index in [0.717, 1.165) is 70.4 Å². The van der Waals surface area contributed by atoms with Crippen molar-refractivity contribution < 1.29 is 14.0 Å². The van der Waals surface area contributed by atoms with Crippen LogP contribution in [-0.4, -0.2) is 61.6 Å². The van der Waals surface area contributed by atoms with Gasteiger partial charge in [0, 0.05) is 32.1 Å². The minimum atomic E-state index is 0.328. The second kappa shape index (κ2) is 6.65. The number of nitrogens with zero attached hydrogens (tertiary/aromatic N) is 3. The summed E-state index contributed by atoms with van der Waals surface area (Å²) in [4.78, 5) is 7.03. The van der Waals surface area contributed by atoms with Gasteiger partial charge in [0.2, 0.25) is 5.89 Å². The van der Waals surface area contributed by atoms with E-state index in [1.807, 2.05) is 0 Å². The fraction of sp³-hybridized carbons (Fsp3) is 0.857. The van der Waals surface area contributed by atoms with Crippen LogP contribution in [0.25, 0.3) is 0 Å². The molecule has 112 valence electrons. The van der Waals surface area contributed by atoms with Crippen LogP contribution in [0.5, 0.6) is 0 Å². The molecule has 0 aliphatic carbocycles. The maximum atomic E-state index is 5.47. The summed E-state index contributed by atoms with van der Waals surface area (Å²) in [6.45, 7) is 5.52. The molecule has 1 aromatic rings. The van der Waals surface area contributed by atoms with E-state index in [2.05, 4.69) is 15.0 Å². The Bertz CT molecular complexity index is 410. The SMILES string of the molecule is COCCN1CCC(c2nc(C3CCOC3)no2)CC1. The van der Waals surface area contributed by atoms with Gasteiger partial charge in [-0.25, -0.2) is 0 Å². The van der Waals surface area contributed by atoms with Gasteiger partial charge in [-0.2, -0.15) is 4.98 Å². The maximum Gasteiger partial charge on any atom is 0.229 e. The second-order valence-corrected chi connectivity index (χ2v) is 5.66. The molecule has 6 nitrogen and oxygen atoms in total. The van der Waals surface area contributed by atoms with E-state index in [4.69, 9.17) is 14.0 Å². The van der Waals surface area contributed by atoms with Crippen molar-refractivity contribution in [2.45, 2.75) is 31.1 Å². The largest absolute Gasteiger partial charge is 0.383 e. The fourth-order valence-electron chi connectivity index (χ4n) is 2.94. The molecule has 2 aliphatic rings. The number of hydrogen-bond donors (Lipinski definition) is 0. The molecule has 1 atom stereocenters. The summed E-state index contributed by atoms with van der Waals surface area (Å²) < 4.78 is 16.0. The Morgan fingerprint density at radius 1 is 1.25 bits per heavy atom. The Labute approximate surface area is 119 Å². The van der Waals surface area contributed by atoms with Crippen LogP contribution in [0.4, 0.5) is 0 Å². The summed E-state index contributed by atoms with van der Waals surface area (Å²) in [6, 6.07) is 0. The molecule has 3 heterocycles. The lowest BCUT2D eigenvalue weighted by molar-refractivity contribution is 0.126. The molecular formula is C14H23N3O3. The summed E-state index contributed by atoms with van der Waals surface area (Å²) in [7, 11) is 1.75. The number of aromatic nitrogens is 2. The summed E-state index contributed by atoms with van der Waals surface area (Å²) in [6.07, 6.45) is 3.19. The van der Waals surface area contributed by atoms with Crippen LogP contribution in [0.2, 0.25) is 0 Å². The van der Waals surface area contributed by atoms with E-state index < -0.39 is 0 Å². The number of ether oxygens (including phenoxy) is 2. The second-order valence-electron chi connectivity index (χ2n) is 5.66. The van der Waals surface area contributed by atoms with E-state index in [9.17, 15) is 0 Å². The zero-order valence-electron chi connectivity index (χ0n) is 12.1. The number of rotatable bonds is 5. The molecule has 0 spiro atoms. The third-order valence-electron chi connectivity index (χ3n) is 4.30. The zero-order chi connectivity index (χ0) is 13.8. The van der Waals surface area contributed by atoms with Gasteiger partial charge in [0.25, 0.3) is 0 Å². The van der Waals surface area contributed by atoms with Crippen LogP contribution in [0.1, 0.15) is 42.8 Å². The molecule has 0 N–H and O–H groups in total. The van der Waals surface area contributed by atoms with Gasteiger partial charge in [0.1, 0.15) is 0 Å². The lowest BCUT2D eigenvalue weighted by Crippen LogP contribution is -2.35. The monoisotopic (exact) mass is 281 g/mol. The fourth-order valence-corrected chi connectivity index (χ4v) is 2.94. The lowest BCUT2D eigenvalue weighted by Gasteiger charge is -2.29. The smallest absolute Gasteiger partial charge is 0.229 e. The average molecular weight is 281 g/mol. The van der Waals surface area contributed by atoms with Crippen LogP contribution < -0.4 is 0 Å². The van der Waals surface area contributed by atoms with Gasteiger partial charge < -0.3 is 18.9 Å². The standard InChI is InChI=1S/C14H23N3O3/c1-18-9-7-17-5-2-11(3-6-17)14-15-13(16-20-14)12-4-8-19-10-12/h11-12H,2-10H2,1H3. The maximum absolute atomic E-state index is 5.47. The van der Waals surface area contributed by atoms with E-state index in [1.54, 1.807) is 7.11 Å². The Kier molecular flexibility index (Phi) is 4.65. The number of likely N-dealkylation sites (tertiary alicyclic amines) is 1. The highest BCUT2D eigenvalue weighted by atomic mass is 16.5. The molecule has 2 saturated heterocycles. The van der Waals surface area contributed by atoms with Crippen LogP contribution in [0, 0.1) is 0 Å². The molecule has 1 aromatic heterocycles. The normalized spacial score (nSPS) is 25.4. The van der Waals surface area contributed by atoms with Gasteiger partial charge in [0.15, 0.2) is 5.82 Å². The highest BCUT2D eigenvalue weighted by Gasteiger charge is 2.28. The summed E-state index contributed by atoms with van der Waals surface area (Å²) in [5.41, 5.74) is 0. The highest BCUT2D eigenvalue weighted by molar-refractivity contribution is 5.01. The van der Waals surface area contributed by atoms with Gasteiger partial charge in [-0.1, -0.05) is 5.16 Å². The van der Waals surface area contributed by atoms with Crippen molar-refractivity contribution in [3.8, 4) is 0 Å². The number of methoxy groups -OCH3 is 1. The first-order valence-electron chi connectivity index (χ1n) is 7.49. The van der Waals surface area contributed by atoms with Crippen LogP contribution in [0.15, 0.2) is 4.52 Å². The first-order valence-corrected chi connectivity index (χ1v) is 7.49. The Morgan fingerprint density at radius 3 is 2.80 bits per heavy atom. The Morgan fingerprint density at radius 2 is 2.10 bits per heavy atom. The van der Waals surface area contributed by atoms with Crippen molar-refractivity contribution in [1.82, 2.24) is 15.0 Å². The molecule has 2 aliphatic heterocycles. The Hall–Kier alpha value is -0.980. The minimum absolute atomic E-state index is 0.328. The topological polar surface area (TPSA) is 60.6 Å². The number of hydrogen-bond acceptors (Lipinski definition) is 6. The van der Waals surface area contributed by atoms with Crippen molar-refractivity contribution >= 4 is 0 Å². The molecule has 0 radical (unpaired) electrons. The van der Waals surface area contributed by atoms with Gasteiger partial charge in [-0.15, -0.1) is 0 Å². The molecular weight excluding hydrogens is 258 g/mol. The zero-order valence-corrected chi connectivity index (χ0v) is 12.1. The number of piperidine rings is 1. The van der Waals surface area contributed by atoms with Crippen molar-refractivity contribution in [2.75, 3.05) is 46.6 Å². The van der Waals surface area contributed by atoms with Crippen molar-refractivity contribution in [3.63, 3.8) is 0 Å². The van der Waals surface area contributed by atoms with E-state index >= 15 is 0 Å². The third-order valence-corrected chi connectivity index (χ3v) is 4.30. The van der Waals surface area contributed by atoms with Gasteiger partial charge in [-0.05, 0) is 32.4 Å². The van der Waals surface area contributed by atoms with Crippen molar-refractivity contribution in [2.24, 2.45) is 0 Å². The molecule has 0 aromatic carbocycles. The van der Waals surface area contributed by atoms with Crippen molar-refractivity contribution in [3.05, 3.63) is 11.7 Å². The molecule has 0 saturated carbocycles. The molecule has 0 amide bonds. The average Bonchev–Trinajstić information content (AvgIpc) is 3.16. The predicted octanol–water partition coefficient (Wildman–Crippen LogP) is 1.40. The van der Waals surface area contributed by atoms with Gasteiger partial charge in [-0.3, -0.25) is 0 Å². The minimum Gasteiger partial charge on any atom is -0.383 e. The quantitative estimate of drug-likeness (QED) is 0.813. The summed E-state index contributed by atoms with van der Waals surface area (Å²) in [5, 5.41) is 4.14. The van der Waals surface area contributed by atoms with Gasteiger partial charge in [0.05, 0.1) is 13.2 Å². The van der Waals surface area contributed by atoms with Gasteiger partial charge >= 0.3 is 0 Å². The molecule has 1 unspecified atom stereocenters. The molecule has 6 heteroatoms. The van der Waals surface area contributed by atoms with Crippen LogP contribution in [-0.2, 0) is 9.47 Å². The van der Waals surface area contributed by atoms with E-state index in [-0.39, 0.29) is 0 Å².